The zero-order valence-electron chi connectivity index (χ0n) is 5.55. The molecule has 0 heterocycles. The first-order valence-electron chi connectivity index (χ1n) is 2.66. The average Bonchev–Trinajstić information content (AvgIpc) is 1.83. The minimum atomic E-state index is -4.37. The van der Waals surface area contributed by atoms with Gasteiger partial charge in [0.05, 0.1) is 0 Å². The van der Waals surface area contributed by atoms with E-state index < -0.39 is 24.7 Å². The second kappa shape index (κ2) is 2.91. The molecule has 0 aliphatic rings. The van der Waals surface area contributed by atoms with Crippen LogP contribution < -0.4 is 0 Å². The summed E-state index contributed by atoms with van der Waals surface area (Å²) in [4.78, 5) is 0. The first kappa shape index (κ1) is 10.6. The number of halogens is 6. The van der Waals surface area contributed by atoms with Crippen molar-refractivity contribution < 1.29 is 26.3 Å². The molecular formula is C5H6F6. The van der Waals surface area contributed by atoms with E-state index in [9.17, 15) is 26.3 Å². The molecule has 0 aromatic heterocycles. The van der Waals surface area contributed by atoms with Crippen molar-refractivity contribution in [2.75, 3.05) is 6.67 Å². The van der Waals surface area contributed by atoms with E-state index in [1.807, 2.05) is 0 Å². The molecule has 0 N–H and O–H groups in total. The average molecular weight is 180 g/mol. The van der Waals surface area contributed by atoms with Crippen molar-refractivity contribution in [2.24, 2.45) is 0 Å². The summed E-state index contributed by atoms with van der Waals surface area (Å²) in [6, 6.07) is 0. The van der Waals surface area contributed by atoms with Crippen LogP contribution in [0, 0.1) is 0 Å². The fraction of sp³-hybridized carbons (Fsp3) is 1.00. The van der Waals surface area contributed by atoms with Crippen molar-refractivity contribution in [1.82, 2.24) is 0 Å². The van der Waals surface area contributed by atoms with Crippen molar-refractivity contribution >= 4 is 0 Å². The maximum Gasteiger partial charge on any atom is 0.287 e. The van der Waals surface area contributed by atoms with Gasteiger partial charge in [0, 0.05) is 6.92 Å². The number of alkyl halides is 6. The Labute approximate surface area is 59.2 Å². The Hall–Kier alpha value is -0.420. The quantitative estimate of drug-likeness (QED) is 0.585. The van der Waals surface area contributed by atoms with Gasteiger partial charge in [0.25, 0.3) is 18.0 Å². The SMILES string of the molecule is CC(F)(F)C(F)(CF)C(F)F. The van der Waals surface area contributed by atoms with E-state index in [1.165, 1.54) is 0 Å². The third-order valence-electron chi connectivity index (χ3n) is 1.27. The molecule has 68 valence electrons. The molecule has 1 atom stereocenters. The molecule has 0 saturated heterocycles. The van der Waals surface area contributed by atoms with Crippen LogP contribution in [0.5, 0.6) is 0 Å². The Morgan fingerprint density at radius 3 is 1.55 bits per heavy atom. The summed E-state index contributed by atoms with van der Waals surface area (Å²) in [5, 5.41) is 0. The Morgan fingerprint density at radius 2 is 1.55 bits per heavy atom. The van der Waals surface area contributed by atoms with Gasteiger partial charge in [0.2, 0.25) is 0 Å². The van der Waals surface area contributed by atoms with E-state index in [-0.39, 0.29) is 6.92 Å². The lowest BCUT2D eigenvalue weighted by Gasteiger charge is -2.26. The first-order chi connectivity index (χ1) is 4.75. The van der Waals surface area contributed by atoms with Crippen molar-refractivity contribution in [3.05, 3.63) is 0 Å². The molecule has 0 bridgehead atoms. The van der Waals surface area contributed by atoms with Crippen LogP contribution in [0.1, 0.15) is 6.92 Å². The predicted molar refractivity (Wildman–Crippen MR) is 26.4 cm³/mol. The van der Waals surface area contributed by atoms with Crippen molar-refractivity contribution in [2.45, 2.75) is 24.9 Å². The lowest BCUT2D eigenvalue weighted by Crippen LogP contribution is -2.50. The van der Waals surface area contributed by atoms with Gasteiger partial charge in [-0.2, -0.15) is 0 Å². The summed E-state index contributed by atoms with van der Waals surface area (Å²) >= 11 is 0. The summed E-state index contributed by atoms with van der Waals surface area (Å²) in [5.74, 6) is -4.37. The molecular weight excluding hydrogens is 174 g/mol. The number of rotatable bonds is 3. The van der Waals surface area contributed by atoms with E-state index >= 15 is 0 Å². The van der Waals surface area contributed by atoms with Gasteiger partial charge >= 0.3 is 0 Å². The topological polar surface area (TPSA) is 0 Å². The molecule has 1 unspecified atom stereocenters. The van der Waals surface area contributed by atoms with Crippen LogP contribution >= 0.6 is 0 Å². The smallest absolute Gasteiger partial charge is 0.247 e. The van der Waals surface area contributed by atoms with Crippen LogP contribution in [0.2, 0.25) is 0 Å². The number of hydrogen-bond acceptors (Lipinski definition) is 0. The molecule has 0 nitrogen and oxygen atoms in total. The van der Waals surface area contributed by atoms with E-state index in [0.29, 0.717) is 0 Å². The zero-order chi connectivity index (χ0) is 9.28. The molecule has 6 heteroatoms. The molecule has 0 saturated carbocycles. The largest absolute Gasteiger partial charge is 0.287 e. The lowest BCUT2D eigenvalue weighted by molar-refractivity contribution is -0.193. The van der Waals surface area contributed by atoms with Gasteiger partial charge in [0.1, 0.15) is 6.67 Å². The van der Waals surface area contributed by atoms with Gasteiger partial charge in [-0.3, -0.25) is 0 Å². The molecule has 0 aliphatic carbocycles. The molecule has 0 aromatic carbocycles. The first-order valence-corrected chi connectivity index (χ1v) is 2.66. The molecule has 0 radical (unpaired) electrons. The van der Waals surface area contributed by atoms with Crippen LogP contribution in [-0.4, -0.2) is 24.7 Å². The third kappa shape index (κ3) is 1.78. The highest BCUT2D eigenvalue weighted by Gasteiger charge is 2.58. The van der Waals surface area contributed by atoms with Crippen LogP contribution in [0.4, 0.5) is 26.3 Å². The molecule has 11 heavy (non-hydrogen) atoms. The van der Waals surface area contributed by atoms with Crippen LogP contribution in [0.25, 0.3) is 0 Å². The van der Waals surface area contributed by atoms with Gasteiger partial charge in [-0.25, -0.2) is 26.3 Å². The van der Waals surface area contributed by atoms with Crippen LogP contribution in [-0.2, 0) is 0 Å². The van der Waals surface area contributed by atoms with E-state index in [2.05, 4.69) is 0 Å². The highest BCUT2D eigenvalue weighted by molar-refractivity contribution is 4.92. The van der Waals surface area contributed by atoms with Gasteiger partial charge < -0.3 is 0 Å². The molecule has 0 aromatic rings. The van der Waals surface area contributed by atoms with Crippen molar-refractivity contribution in [3.8, 4) is 0 Å². The van der Waals surface area contributed by atoms with Crippen molar-refractivity contribution in [3.63, 3.8) is 0 Å². The second-order valence-corrected chi connectivity index (χ2v) is 2.19. The monoisotopic (exact) mass is 180 g/mol. The van der Waals surface area contributed by atoms with Crippen LogP contribution in [0.3, 0.4) is 0 Å². The van der Waals surface area contributed by atoms with Gasteiger partial charge in [-0.05, 0) is 0 Å². The predicted octanol–water partition coefficient (Wildman–Crippen LogP) is 2.58. The summed E-state index contributed by atoms with van der Waals surface area (Å²) in [6.45, 7) is -2.48. The standard InChI is InChI=1S/C5H6F6/c1-4(9,10)5(11,2-6)3(7)8/h3H,2H2,1H3. The Bertz CT molecular complexity index is 127. The minimum Gasteiger partial charge on any atom is -0.247 e. The normalized spacial score (nSPS) is 18.5. The summed E-state index contributed by atoms with van der Waals surface area (Å²) in [5.41, 5.74) is -4.35. The summed E-state index contributed by atoms with van der Waals surface area (Å²) < 4.78 is 70.6. The summed E-state index contributed by atoms with van der Waals surface area (Å²) in [7, 11) is 0. The molecule has 0 rings (SSSR count). The fourth-order valence-corrected chi connectivity index (χ4v) is 0.367. The molecule has 0 spiro atoms. The van der Waals surface area contributed by atoms with E-state index in [1.54, 1.807) is 0 Å². The Morgan fingerprint density at radius 1 is 1.18 bits per heavy atom. The van der Waals surface area contributed by atoms with E-state index in [4.69, 9.17) is 0 Å². The lowest BCUT2D eigenvalue weighted by atomic mass is 10.0. The molecule has 0 fully saturated rings. The zero-order valence-corrected chi connectivity index (χ0v) is 5.55. The molecule has 0 aliphatic heterocycles. The number of hydrogen-bond donors (Lipinski definition) is 0. The van der Waals surface area contributed by atoms with Gasteiger partial charge in [-0.15, -0.1) is 0 Å². The van der Waals surface area contributed by atoms with Crippen LogP contribution in [0.15, 0.2) is 0 Å². The van der Waals surface area contributed by atoms with Crippen molar-refractivity contribution in [1.29, 1.82) is 0 Å². The third-order valence-corrected chi connectivity index (χ3v) is 1.27. The Balaban J connectivity index is 4.61. The van der Waals surface area contributed by atoms with E-state index in [0.717, 1.165) is 0 Å². The highest BCUT2D eigenvalue weighted by Crippen LogP contribution is 2.37. The maximum absolute atomic E-state index is 12.3. The molecule has 0 amide bonds. The fourth-order valence-electron chi connectivity index (χ4n) is 0.367. The summed E-state index contributed by atoms with van der Waals surface area (Å²) in [6.07, 6.45) is -4.02. The maximum atomic E-state index is 12.3. The Kier molecular flexibility index (Phi) is 2.79. The van der Waals surface area contributed by atoms with Gasteiger partial charge in [0.15, 0.2) is 0 Å². The highest BCUT2D eigenvalue weighted by atomic mass is 19.3. The van der Waals surface area contributed by atoms with Gasteiger partial charge in [-0.1, -0.05) is 0 Å². The second-order valence-electron chi connectivity index (χ2n) is 2.19. The minimum absolute atomic E-state index is 0.0846.